The lowest BCUT2D eigenvalue weighted by molar-refractivity contribution is 0.524. The molecular weight excluding hydrogens is 249 g/mol. The van der Waals surface area contributed by atoms with Gasteiger partial charge in [0.1, 0.15) is 5.02 Å². The molecule has 0 amide bonds. The van der Waals surface area contributed by atoms with Crippen LogP contribution in [0.5, 0.6) is 0 Å². The number of aromatic amines is 1. The maximum atomic E-state index is 11.2. The van der Waals surface area contributed by atoms with E-state index in [9.17, 15) is 4.79 Å². The Morgan fingerprint density at radius 2 is 2.31 bits per heavy atom. The summed E-state index contributed by atoms with van der Waals surface area (Å²) in [7, 11) is 0. The predicted octanol–water partition coefficient (Wildman–Crippen LogP) is 2.24. The summed E-state index contributed by atoms with van der Waals surface area (Å²) in [6.45, 7) is 0.774. The third-order valence-corrected chi connectivity index (χ3v) is 3.55. The van der Waals surface area contributed by atoms with E-state index in [-0.39, 0.29) is 16.0 Å². The summed E-state index contributed by atoms with van der Waals surface area (Å²) in [5.74, 6) is 1.12. The Labute approximate surface area is 103 Å². The maximum Gasteiger partial charge on any atom is 0.271 e. The zero-order valence-electron chi connectivity index (χ0n) is 8.72. The first-order valence-electron chi connectivity index (χ1n) is 5.20. The minimum absolute atomic E-state index is 0.115. The molecule has 1 aliphatic rings. The summed E-state index contributed by atoms with van der Waals surface area (Å²) in [5.41, 5.74) is -0.0311. The van der Waals surface area contributed by atoms with Gasteiger partial charge in [-0.25, -0.2) is 4.98 Å². The van der Waals surface area contributed by atoms with Crippen LogP contribution in [0.25, 0.3) is 0 Å². The number of alkyl halides is 1. The second kappa shape index (κ2) is 4.63. The highest BCUT2D eigenvalue weighted by atomic mass is 35.5. The first-order valence-corrected chi connectivity index (χ1v) is 6.11. The summed E-state index contributed by atoms with van der Waals surface area (Å²) in [5, 5.41) is 3.23. The molecule has 1 aliphatic carbocycles. The third-order valence-electron chi connectivity index (χ3n) is 3.01. The van der Waals surface area contributed by atoms with Crippen LogP contribution < -0.4 is 10.9 Å². The van der Waals surface area contributed by atoms with E-state index >= 15 is 0 Å². The topological polar surface area (TPSA) is 57.8 Å². The number of anilines is 1. The second-order valence-electron chi connectivity index (χ2n) is 4.19. The maximum absolute atomic E-state index is 11.2. The molecule has 1 fully saturated rings. The van der Waals surface area contributed by atoms with Crippen LogP contribution in [0, 0.1) is 5.41 Å². The molecule has 0 aliphatic heterocycles. The Balaban J connectivity index is 2.00. The van der Waals surface area contributed by atoms with Crippen LogP contribution in [0.15, 0.2) is 11.1 Å². The van der Waals surface area contributed by atoms with E-state index < -0.39 is 0 Å². The molecule has 1 aromatic rings. The summed E-state index contributed by atoms with van der Waals surface area (Å²) < 4.78 is 0. The van der Waals surface area contributed by atoms with Gasteiger partial charge in [-0.05, 0) is 24.7 Å². The van der Waals surface area contributed by atoms with Crippen LogP contribution >= 0.6 is 23.2 Å². The van der Waals surface area contributed by atoms with Crippen LogP contribution in [0.2, 0.25) is 5.02 Å². The van der Waals surface area contributed by atoms with Gasteiger partial charge in [0.05, 0.1) is 6.33 Å². The van der Waals surface area contributed by atoms with Gasteiger partial charge in [-0.1, -0.05) is 11.6 Å². The SMILES string of the molecule is O=c1[nH]cnc(NCC2(CCCl)CC2)c1Cl. The first kappa shape index (κ1) is 11.7. The number of rotatable bonds is 5. The predicted molar refractivity (Wildman–Crippen MR) is 65.4 cm³/mol. The highest BCUT2D eigenvalue weighted by Gasteiger charge is 2.41. The molecule has 6 heteroatoms. The molecule has 16 heavy (non-hydrogen) atoms. The van der Waals surface area contributed by atoms with Crippen LogP contribution in [0.3, 0.4) is 0 Å². The summed E-state index contributed by atoms with van der Waals surface area (Å²) in [6.07, 6.45) is 4.68. The lowest BCUT2D eigenvalue weighted by Crippen LogP contribution is -2.19. The van der Waals surface area contributed by atoms with Gasteiger partial charge in [0.15, 0.2) is 5.82 Å². The Bertz CT molecular complexity index is 428. The van der Waals surface area contributed by atoms with Crippen molar-refractivity contribution < 1.29 is 0 Å². The van der Waals surface area contributed by atoms with Crippen molar-refractivity contribution in [2.24, 2.45) is 5.41 Å². The number of hydrogen-bond acceptors (Lipinski definition) is 3. The van der Waals surface area contributed by atoms with E-state index in [0.29, 0.717) is 11.7 Å². The van der Waals surface area contributed by atoms with E-state index in [0.717, 1.165) is 13.0 Å². The molecular formula is C10H13Cl2N3O. The molecule has 0 aromatic carbocycles. The van der Waals surface area contributed by atoms with Gasteiger partial charge in [0, 0.05) is 12.4 Å². The van der Waals surface area contributed by atoms with Crippen LogP contribution in [-0.2, 0) is 0 Å². The zero-order chi connectivity index (χ0) is 11.6. The minimum atomic E-state index is -0.318. The number of aromatic nitrogens is 2. The van der Waals surface area contributed by atoms with Crippen molar-refractivity contribution in [1.82, 2.24) is 9.97 Å². The first-order chi connectivity index (χ1) is 7.67. The molecule has 88 valence electrons. The number of halogens is 2. The number of hydrogen-bond donors (Lipinski definition) is 2. The van der Waals surface area contributed by atoms with Crippen LogP contribution in [-0.4, -0.2) is 22.4 Å². The Kier molecular flexibility index (Phi) is 3.40. The molecule has 4 nitrogen and oxygen atoms in total. The van der Waals surface area contributed by atoms with Gasteiger partial charge >= 0.3 is 0 Å². The van der Waals surface area contributed by atoms with Crippen molar-refractivity contribution in [2.45, 2.75) is 19.3 Å². The lowest BCUT2D eigenvalue weighted by atomic mass is 10.0. The van der Waals surface area contributed by atoms with Crippen molar-refractivity contribution in [2.75, 3.05) is 17.7 Å². The fourth-order valence-electron chi connectivity index (χ4n) is 1.67. The standard InChI is InChI=1S/C10H13Cl2N3O/c11-4-3-10(1-2-10)5-13-8-7(12)9(16)15-6-14-8/h6H,1-5H2,(H2,13,14,15,16). The number of nitrogens with zero attached hydrogens (tertiary/aromatic N) is 1. The van der Waals surface area contributed by atoms with Gasteiger partial charge in [-0.15, -0.1) is 11.6 Å². The zero-order valence-corrected chi connectivity index (χ0v) is 10.2. The van der Waals surface area contributed by atoms with Gasteiger partial charge < -0.3 is 10.3 Å². The largest absolute Gasteiger partial charge is 0.368 e. The molecule has 1 aromatic heterocycles. The quantitative estimate of drug-likeness (QED) is 0.800. The summed E-state index contributed by atoms with van der Waals surface area (Å²) in [4.78, 5) is 17.6. The van der Waals surface area contributed by atoms with Crippen molar-refractivity contribution in [3.05, 3.63) is 21.7 Å². The van der Waals surface area contributed by atoms with E-state index in [2.05, 4.69) is 15.3 Å². The van der Waals surface area contributed by atoms with Crippen molar-refractivity contribution >= 4 is 29.0 Å². The molecule has 0 atom stereocenters. The van der Waals surface area contributed by atoms with Crippen LogP contribution in [0.4, 0.5) is 5.82 Å². The molecule has 0 saturated heterocycles. The van der Waals surface area contributed by atoms with Crippen molar-refractivity contribution in [3.63, 3.8) is 0 Å². The number of nitrogens with one attached hydrogen (secondary N) is 2. The fraction of sp³-hybridized carbons (Fsp3) is 0.600. The highest BCUT2D eigenvalue weighted by Crippen LogP contribution is 2.48. The summed E-state index contributed by atoms with van der Waals surface area (Å²) >= 11 is 11.6. The van der Waals surface area contributed by atoms with E-state index in [4.69, 9.17) is 23.2 Å². The van der Waals surface area contributed by atoms with Crippen LogP contribution in [0.1, 0.15) is 19.3 Å². The third kappa shape index (κ3) is 2.50. The van der Waals surface area contributed by atoms with E-state index in [1.807, 2.05) is 0 Å². The van der Waals surface area contributed by atoms with Crippen molar-refractivity contribution in [3.8, 4) is 0 Å². The number of H-pyrrole nitrogens is 1. The average molecular weight is 262 g/mol. The van der Waals surface area contributed by atoms with Gasteiger partial charge in [-0.3, -0.25) is 4.79 Å². The molecule has 1 saturated carbocycles. The molecule has 0 spiro atoms. The lowest BCUT2D eigenvalue weighted by Gasteiger charge is -2.14. The molecule has 1 heterocycles. The molecule has 2 rings (SSSR count). The van der Waals surface area contributed by atoms with Gasteiger partial charge in [0.2, 0.25) is 0 Å². The smallest absolute Gasteiger partial charge is 0.271 e. The average Bonchev–Trinajstić information content (AvgIpc) is 3.02. The van der Waals surface area contributed by atoms with E-state index in [1.165, 1.54) is 19.2 Å². The summed E-state index contributed by atoms with van der Waals surface area (Å²) in [6, 6.07) is 0. The second-order valence-corrected chi connectivity index (χ2v) is 4.94. The van der Waals surface area contributed by atoms with Gasteiger partial charge in [-0.2, -0.15) is 0 Å². The highest BCUT2D eigenvalue weighted by molar-refractivity contribution is 6.32. The molecule has 0 unspecified atom stereocenters. The normalized spacial score (nSPS) is 17.1. The monoisotopic (exact) mass is 261 g/mol. The van der Waals surface area contributed by atoms with Crippen molar-refractivity contribution in [1.29, 1.82) is 0 Å². The minimum Gasteiger partial charge on any atom is -0.368 e. The van der Waals surface area contributed by atoms with Gasteiger partial charge in [0.25, 0.3) is 5.56 Å². The fourth-order valence-corrected chi connectivity index (χ4v) is 2.24. The Hall–Kier alpha value is -0.740. The Morgan fingerprint density at radius 1 is 1.56 bits per heavy atom. The molecule has 0 radical (unpaired) electrons. The molecule has 2 N–H and O–H groups in total. The van der Waals surface area contributed by atoms with E-state index in [1.54, 1.807) is 0 Å². The Morgan fingerprint density at radius 3 is 2.94 bits per heavy atom. The molecule has 0 bridgehead atoms.